The molecule has 0 heterocycles. The maximum atomic E-state index is 2.24. The fourth-order valence-electron chi connectivity index (χ4n) is 3.80. The topological polar surface area (TPSA) is 0 Å². The fourth-order valence-corrected chi connectivity index (χ4v) is 3.80. The molecule has 30 heavy (non-hydrogen) atoms. The number of fused-ring (bicyclic) bond motifs is 3. The van der Waals surface area contributed by atoms with Gasteiger partial charge in [0.15, 0.2) is 0 Å². The Labute approximate surface area is 179 Å². The van der Waals surface area contributed by atoms with E-state index < -0.39 is 0 Å². The lowest BCUT2D eigenvalue weighted by Crippen LogP contribution is -1.80. The van der Waals surface area contributed by atoms with E-state index in [0.29, 0.717) is 0 Å². The zero-order valence-corrected chi connectivity index (χ0v) is 18.2. The summed E-state index contributed by atoms with van der Waals surface area (Å²) >= 11 is 0. The Morgan fingerprint density at radius 1 is 0.333 bits per heavy atom. The van der Waals surface area contributed by atoms with E-state index in [9.17, 15) is 0 Å². The van der Waals surface area contributed by atoms with Gasteiger partial charge in [-0.1, -0.05) is 119 Å². The second kappa shape index (κ2) is 8.55. The number of hydrogen-bond donors (Lipinski definition) is 0. The SMILES string of the molecule is Cc1ccc(-c2ccc(C)cc2)cc1.Cc1ccc2c(ccc3cc(C)ccc32)c1. The van der Waals surface area contributed by atoms with Crippen LogP contribution in [0.2, 0.25) is 0 Å². The van der Waals surface area contributed by atoms with Crippen LogP contribution < -0.4 is 0 Å². The van der Waals surface area contributed by atoms with Crippen LogP contribution in [0, 0.1) is 27.7 Å². The molecule has 0 aliphatic carbocycles. The minimum atomic E-state index is 1.29. The van der Waals surface area contributed by atoms with Gasteiger partial charge in [-0.25, -0.2) is 0 Å². The Morgan fingerprint density at radius 2 is 0.667 bits per heavy atom. The summed E-state index contributed by atoms with van der Waals surface area (Å²) in [4.78, 5) is 0. The molecule has 0 bridgehead atoms. The van der Waals surface area contributed by atoms with Gasteiger partial charge < -0.3 is 0 Å². The highest BCUT2D eigenvalue weighted by atomic mass is 14.0. The number of aryl methyl sites for hydroxylation is 4. The molecule has 0 amide bonds. The minimum Gasteiger partial charge on any atom is -0.0587 e. The molecule has 0 saturated carbocycles. The maximum Gasteiger partial charge on any atom is -0.0105 e. The van der Waals surface area contributed by atoms with E-state index in [1.54, 1.807) is 0 Å². The van der Waals surface area contributed by atoms with Crippen molar-refractivity contribution in [1.82, 2.24) is 0 Å². The van der Waals surface area contributed by atoms with E-state index in [-0.39, 0.29) is 0 Å². The molecule has 0 unspecified atom stereocenters. The van der Waals surface area contributed by atoms with Gasteiger partial charge in [0.1, 0.15) is 0 Å². The van der Waals surface area contributed by atoms with Crippen LogP contribution in [0.1, 0.15) is 22.3 Å². The van der Waals surface area contributed by atoms with Gasteiger partial charge in [-0.15, -0.1) is 0 Å². The minimum absolute atomic E-state index is 1.29. The molecular weight excluding hydrogens is 360 g/mol. The Hall–Kier alpha value is -3.38. The van der Waals surface area contributed by atoms with Gasteiger partial charge in [0.2, 0.25) is 0 Å². The molecule has 0 aromatic heterocycles. The molecule has 0 aliphatic rings. The van der Waals surface area contributed by atoms with Crippen molar-refractivity contribution < 1.29 is 0 Å². The van der Waals surface area contributed by atoms with E-state index in [2.05, 4.69) is 125 Å². The molecule has 0 nitrogen and oxygen atoms in total. The third-order valence-electron chi connectivity index (χ3n) is 5.58. The Morgan fingerprint density at radius 3 is 1.03 bits per heavy atom. The third-order valence-corrected chi connectivity index (χ3v) is 5.58. The van der Waals surface area contributed by atoms with Crippen LogP contribution in [0.15, 0.2) is 97.1 Å². The molecule has 0 aliphatic heterocycles. The van der Waals surface area contributed by atoms with Crippen LogP contribution in [0.4, 0.5) is 0 Å². The van der Waals surface area contributed by atoms with Gasteiger partial charge in [-0.2, -0.15) is 0 Å². The summed E-state index contributed by atoms with van der Waals surface area (Å²) in [7, 11) is 0. The molecule has 0 atom stereocenters. The summed E-state index contributed by atoms with van der Waals surface area (Å²) in [6.07, 6.45) is 0. The van der Waals surface area contributed by atoms with Crippen molar-refractivity contribution in [2.75, 3.05) is 0 Å². The first-order chi connectivity index (χ1) is 14.5. The van der Waals surface area contributed by atoms with E-state index in [1.165, 1.54) is 54.9 Å². The lowest BCUT2D eigenvalue weighted by atomic mass is 9.99. The van der Waals surface area contributed by atoms with Crippen LogP contribution in [0.3, 0.4) is 0 Å². The molecule has 0 fully saturated rings. The third kappa shape index (κ3) is 4.44. The molecule has 0 spiro atoms. The van der Waals surface area contributed by atoms with Crippen molar-refractivity contribution in [3.05, 3.63) is 119 Å². The van der Waals surface area contributed by atoms with E-state index in [1.807, 2.05) is 0 Å². The van der Waals surface area contributed by atoms with Gasteiger partial charge in [0.25, 0.3) is 0 Å². The van der Waals surface area contributed by atoms with Crippen LogP contribution in [0.5, 0.6) is 0 Å². The standard InChI is InChI=1S/C16H14.C14H14/c1-11-3-7-15-13(9-11)5-6-14-10-12(2)4-8-16(14)15;1-11-3-7-13(8-4-11)14-9-5-12(2)6-10-14/h3-10H,1-2H3;3-10H,1-2H3. The van der Waals surface area contributed by atoms with Crippen molar-refractivity contribution in [3.8, 4) is 11.1 Å². The summed E-state index contributed by atoms with van der Waals surface area (Å²) in [6, 6.07) is 35.0. The second-order valence-corrected chi connectivity index (χ2v) is 8.25. The van der Waals surface area contributed by atoms with E-state index in [0.717, 1.165) is 0 Å². The van der Waals surface area contributed by atoms with Crippen LogP contribution in [0.25, 0.3) is 32.7 Å². The largest absolute Gasteiger partial charge is 0.0587 e. The van der Waals surface area contributed by atoms with Crippen molar-refractivity contribution in [3.63, 3.8) is 0 Å². The van der Waals surface area contributed by atoms with Gasteiger partial charge in [-0.3, -0.25) is 0 Å². The highest BCUT2D eigenvalue weighted by Gasteiger charge is 2.00. The summed E-state index contributed by atoms with van der Waals surface area (Å²) in [6.45, 7) is 8.50. The summed E-state index contributed by atoms with van der Waals surface area (Å²) in [5, 5.41) is 5.36. The molecule has 0 radical (unpaired) electrons. The van der Waals surface area contributed by atoms with Crippen molar-refractivity contribution in [2.24, 2.45) is 0 Å². The van der Waals surface area contributed by atoms with Crippen molar-refractivity contribution in [2.45, 2.75) is 27.7 Å². The molecule has 5 aromatic carbocycles. The first-order valence-corrected chi connectivity index (χ1v) is 10.5. The predicted molar refractivity (Wildman–Crippen MR) is 132 cm³/mol. The highest BCUT2D eigenvalue weighted by molar-refractivity contribution is 6.07. The first-order valence-electron chi connectivity index (χ1n) is 10.5. The van der Waals surface area contributed by atoms with Crippen molar-refractivity contribution in [1.29, 1.82) is 0 Å². The van der Waals surface area contributed by atoms with Crippen LogP contribution in [-0.4, -0.2) is 0 Å². The quantitative estimate of drug-likeness (QED) is 0.252. The lowest BCUT2D eigenvalue weighted by Gasteiger charge is -2.05. The smallest absolute Gasteiger partial charge is 0.0105 e. The average molecular weight is 389 g/mol. The number of rotatable bonds is 1. The van der Waals surface area contributed by atoms with E-state index >= 15 is 0 Å². The predicted octanol–water partition coefficient (Wildman–Crippen LogP) is 8.58. The highest BCUT2D eigenvalue weighted by Crippen LogP contribution is 2.26. The zero-order valence-electron chi connectivity index (χ0n) is 18.2. The van der Waals surface area contributed by atoms with E-state index in [4.69, 9.17) is 0 Å². The van der Waals surface area contributed by atoms with Gasteiger partial charge in [-0.05, 0) is 60.4 Å². The fraction of sp³-hybridized carbons (Fsp3) is 0.133. The first kappa shape index (κ1) is 19.9. The molecule has 5 rings (SSSR count). The Bertz CT molecular complexity index is 1190. The summed E-state index contributed by atoms with van der Waals surface area (Å²) in [5.74, 6) is 0. The molecule has 148 valence electrons. The van der Waals surface area contributed by atoms with Gasteiger partial charge in [0.05, 0.1) is 0 Å². The zero-order chi connectivity index (χ0) is 21.1. The summed E-state index contributed by atoms with van der Waals surface area (Å²) < 4.78 is 0. The van der Waals surface area contributed by atoms with Crippen molar-refractivity contribution >= 4 is 21.5 Å². The number of benzene rings is 5. The molecule has 5 aromatic rings. The van der Waals surface area contributed by atoms with Crippen LogP contribution in [-0.2, 0) is 0 Å². The van der Waals surface area contributed by atoms with Gasteiger partial charge >= 0.3 is 0 Å². The Kier molecular flexibility index (Phi) is 5.68. The Balaban J connectivity index is 0.000000147. The monoisotopic (exact) mass is 388 g/mol. The molecule has 0 N–H and O–H groups in total. The number of hydrogen-bond acceptors (Lipinski definition) is 0. The maximum absolute atomic E-state index is 2.24. The normalized spacial score (nSPS) is 10.7. The molecule has 0 saturated heterocycles. The van der Waals surface area contributed by atoms with Gasteiger partial charge in [0, 0.05) is 0 Å². The lowest BCUT2D eigenvalue weighted by molar-refractivity contribution is 1.45. The summed E-state index contributed by atoms with van der Waals surface area (Å²) in [5.41, 5.74) is 7.82. The molecular formula is C30H28. The average Bonchev–Trinajstić information content (AvgIpc) is 2.75. The molecule has 0 heteroatoms. The second-order valence-electron chi connectivity index (χ2n) is 8.25. The van der Waals surface area contributed by atoms with Crippen LogP contribution >= 0.6 is 0 Å².